The van der Waals surface area contributed by atoms with Gasteiger partial charge in [-0.25, -0.2) is 4.79 Å². The van der Waals surface area contributed by atoms with Crippen LogP contribution in [0.4, 0.5) is 0 Å². The van der Waals surface area contributed by atoms with Crippen molar-refractivity contribution in [3.05, 3.63) is 0 Å². The second kappa shape index (κ2) is 9.11. The van der Waals surface area contributed by atoms with E-state index in [9.17, 15) is 24.0 Å². The number of aldehydes is 1. The van der Waals surface area contributed by atoms with Crippen LogP contribution in [-0.2, 0) is 47.7 Å². The van der Waals surface area contributed by atoms with Crippen LogP contribution in [0.15, 0.2) is 0 Å². The molecule has 0 spiro atoms. The summed E-state index contributed by atoms with van der Waals surface area (Å²) in [5.74, 6) is -3.19. The van der Waals surface area contributed by atoms with Crippen LogP contribution in [0.25, 0.3) is 0 Å². The van der Waals surface area contributed by atoms with E-state index in [1.54, 1.807) is 0 Å². The van der Waals surface area contributed by atoms with Gasteiger partial charge in [0.1, 0.15) is 12.4 Å². The Morgan fingerprint density at radius 3 is 1.80 bits per heavy atom. The minimum absolute atomic E-state index is 0.254. The number of carbonyl (C=O) groups excluding carboxylic acids is 5. The Labute approximate surface area is 143 Å². The molecular formula is C15H20O10. The third kappa shape index (κ3) is 5.52. The van der Waals surface area contributed by atoms with Crippen molar-refractivity contribution in [2.75, 3.05) is 7.11 Å². The Kier molecular flexibility index (Phi) is 7.49. The third-order valence-electron chi connectivity index (χ3n) is 3.30. The van der Waals surface area contributed by atoms with Gasteiger partial charge in [0.25, 0.3) is 0 Å². The van der Waals surface area contributed by atoms with E-state index in [0.29, 0.717) is 6.29 Å². The van der Waals surface area contributed by atoms with Crippen LogP contribution in [0.5, 0.6) is 0 Å². The van der Waals surface area contributed by atoms with E-state index in [4.69, 9.17) is 18.9 Å². The van der Waals surface area contributed by atoms with E-state index in [1.165, 1.54) is 0 Å². The van der Waals surface area contributed by atoms with E-state index in [0.717, 1.165) is 27.9 Å². The summed E-state index contributed by atoms with van der Waals surface area (Å²) in [6.45, 7) is 3.28. The molecule has 140 valence electrons. The highest BCUT2D eigenvalue weighted by molar-refractivity contribution is 5.77. The zero-order valence-electron chi connectivity index (χ0n) is 14.3. The highest BCUT2D eigenvalue weighted by Crippen LogP contribution is 2.30. The van der Waals surface area contributed by atoms with Crippen LogP contribution in [0.1, 0.15) is 27.2 Å². The fourth-order valence-corrected chi connectivity index (χ4v) is 2.49. The van der Waals surface area contributed by atoms with Crippen molar-refractivity contribution in [2.45, 2.75) is 57.7 Å². The first-order valence-corrected chi connectivity index (χ1v) is 7.39. The topological polar surface area (TPSA) is 132 Å². The van der Waals surface area contributed by atoms with Crippen molar-refractivity contribution < 1.29 is 47.7 Å². The molecule has 10 heteroatoms. The normalized spacial score (nSPS) is 28.4. The van der Waals surface area contributed by atoms with Gasteiger partial charge < -0.3 is 28.5 Å². The van der Waals surface area contributed by atoms with Gasteiger partial charge in [0.15, 0.2) is 24.4 Å². The van der Waals surface area contributed by atoms with Gasteiger partial charge in [0.2, 0.25) is 0 Å². The van der Waals surface area contributed by atoms with E-state index < -0.39 is 54.4 Å². The first-order valence-electron chi connectivity index (χ1n) is 7.39. The molecule has 1 saturated heterocycles. The van der Waals surface area contributed by atoms with Gasteiger partial charge in [-0.3, -0.25) is 14.4 Å². The first kappa shape index (κ1) is 20.6. The molecule has 10 nitrogen and oxygen atoms in total. The van der Waals surface area contributed by atoms with Gasteiger partial charge in [-0.05, 0) is 0 Å². The van der Waals surface area contributed by atoms with Crippen molar-refractivity contribution >= 4 is 30.2 Å². The molecule has 0 aliphatic carbocycles. The average Bonchev–Trinajstić information content (AvgIpc) is 2.50. The van der Waals surface area contributed by atoms with Crippen molar-refractivity contribution in [1.29, 1.82) is 0 Å². The molecular weight excluding hydrogens is 340 g/mol. The van der Waals surface area contributed by atoms with E-state index >= 15 is 0 Å². The molecule has 25 heavy (non-hydrogen) atoms. The lowest BCUT2D eigenvalue weighted by atomic mass is 9.92. The molecule has 1 heterocycles. The standard InChI is InChI=1S/C15H20O10/c1-7(17)22-11-10(5-6-16)25-14(15(20)21-4)13(24-9(3)19)12(11)23-8(2)18/h6,10-14H,5H2,1-4H3/t10-,11+,12-,13+,14+/m1/s1. The van der Waals surface area contributed by atoms with Gasteiger partial charge in [-0.15, -0.1) is 0 Å². The summed E-state index contributed by atoms with van der Waals surface area (Å²) in [5, 5.41) is 0. The molecule has 5 atom stereocenters. The number of hydrogen-bond donors (Lipinski definition) is 0. The minimum atomic E-state index is -1.46. The molecule has 1 aliphatic rings. The van der Waals surface area contributed by atoms with Crippen molar-refractivity contribution in [3.8, 4) is 0 Å². The van der Waals surface area contributed by atoms with Crippen LogP contribution >= 0.6 is 0 Å². The second-order valence-electron chi connectivity index (χ2n) is 5.24. The number of ether oxygens (including phenoxy) is 5. The van der Waals surface area contributed by atoms with Gasteiger partial charge in [-0.2, -0.15) is 0 Å². The molecule has 0 aromatic heterocycles. The number of methoxy groups -OCH3 is 1. The molecule has 0 N–H and O–H groups in total. The SMILES string of the molecule is COC(=O)[C@H]1O[C@H](CC=O)[C@H](OC(C)=O)[C@@H](OC(C)=O)[C@@H]1OC(C)=O. The summed E-state index contributed by atoms with van der Waals surface area (Å²) in [6, 6.07) is 0. The van der Waals surface area contributed by atoms with Crippen LogP contribution < -0.4 is 0 Å². The lowest BCUT2D eigenvalue weighted by Gasteiger charge is -2.43. The predicted molar refractivity (Wildman–Crippen MR) is 78.0 cm³/mol. The van der Waals surface area contributed by atoms with Crippen molar-refractivity contribution in [1.82, 2.24) is 0 Å². The first-order chi connectivity index (χ1) is 11.7. The highest BCUT2D eigenvalue weighted by atomic mass is 16.7. The average molecular weight is 360 g/mol. The molecule has 0 amide bonds. The summed E-state index contributed by atoms with van der Waals surface area (Å²) < 4.78 is 25.4. The Morgan fingerprint density at radius 2 is 1.36 bits per heavy atom. The lowest BCUT2D eigenvalue weighted by Crippen LogP contribution is -2.63. The number of carbonyl (C=O) groups is 5. The predicted octanol–water partition coefficient (Wildman–Crippen LogP) is -0.689. The maximum Gasteiger partial charge on any atom is 0.339 e. The molecule has 0 radical (unpaired) electrons. The summed E-state index contributed by atoms with van der Waals surface area (Å²) in [5.41, 5.74) is 0. The van der Waals surface area contributed by atoms with E-state index in [-0.39, 0.29) is 6.42 Å². The Balaban J connectivity index is 3.33. The van der Waals surface area contributed by atoms with Gasteiger partial charge in [-0.1, -0.05) is 0 Å². The van der Waals surface area contributed by atoms with Crippen LogP contribution in [0.2, 0.25) is 0 Å². The minimum Gasteiger partial charge on any atom is -0.467 e. The third-order valence-corrected chi connectivity index (χ3v) is 3.30. The Hall–Kier alpha value is -2.49. The summed E-state index contributed by atoms with van der Waals surface area (Å²) in [4.78, 5) is 57.1. The fourth-order valence-electron chi connectivity index (χ4n) is 2.49. The number of hydrogen-bond acceptors (Lipinski definition) is 10. The summed E-state index contributed by atoms with van der Waals surface area (Å²) >= 11 is 0. The Bertz CT molecular complexity index is 542. The number of rotatable bonds is 6. The second-order valence-corrected chi connectivity index (χ2v) is 5.24. The molecule has 1 rings (SSSR count). The molecule has 0 unspecified atom stereocenters. The van der Waals surface area contributed by atoms with Crippen LogP contribution in [-0.4, -0.2) is 67.8 Å². The molecule has 0 saturated carbocycles. The molecule has 0 aromatic rings. The monoisotopic (exact) mass is 360 g/mol. The van der Waals surface area contributed by atoms with Gasteiger partial charge >= 0.3 is 23.9 Å². The molecule has 1 aliphatic heterocycles. The maximum atomic E-state index is 12.0. The lowest BCUT2D eigenvalue weighted by molar-refractivity contribution is -0.248. The summed E-state index contributed by atoms with van der Waals surface area (Å²) in [7, 11) is 1.09. The van der Waals surface area contributed by atoms with Crippen LogP contribution in [0, 0.1) is 0 Å². The number of esters is 4. The Morgan fingerprint density at radius 1 is 0.880 bits per heavy atom. The molecule has 0 aromatic carbocycles. The zero-order chi connectivity index (χ0) is 19.1. The quantitative estimate of drug-likeness (QED) is 0.340. The molecule has 0 bridgehead atoms. The maximum absolute atomic E-state index is 12.0. The molecule has 1 fully saturated rings. The van der Waals surface area contributed by atoms with Gasteiger partial charge in [0, 0.05) is 27.2 Å². The van der Waals surface area contributed by atoms with E-state index in [2.05, 4.69) is 4.74 Å². The highest BCUT2D eigenvalue weighted by Gasteiger charge is 2.54. The van der Waals surface area contributed by atoms with Crippen LogP contribution in [0.3, 0.4) is 0 Å². The zero-order valence-corrected chi connectivity index (χ0v) is 14.3. The largest absolute Gasteiger partial charge is 0.467 e. The van der Waals surface area contributed by atoms with E-state index in [1.807, 2.05) is 0 Å². The van der Waals surface area contributed by atoms with Crippen molar-refractivity contribution in [2.24, 2.45) is 0 Å². The van der Waals surface area contributed by atoms with Gasteiger partial charge in [0.05, 0.1) is 7.11 Å². The smallest absolute Gasteiger partial charge is 0.339 e. The van der Waals surface area contributed by atoms with Crippen molar-refractivity contribution in [3.63, 3.8) is 0 Å². The fraction of sp³-hybridized carbons (Fsp3) is 0.667. The summed E-state index contributed by atoms with van der Waals surface area (Å²) in [6.07, 6.45) is -6.34.